The van der Waals surface area contributed by atoms with Crippen molar-refractivity contribution in [2.24, 2.45) is 0 Å². The van der Waals surface area contributed by atoms with Gasteiger partial charge in [-0.2, -0.15) is 5.10 Å². The van der Waals surface area contributed by atoms with Gasteiger partial charge in [0, 0.05) is 24.7 Å². The minimum atomic E-state index is -0.257. The first kappa shape index (κ1) is 14.9. The molecule has 1 aliphatic heterocycles. The summed E-state index contributed by atoms with van der Waals surface area (Å²) in [5.74, 6) is 1.40. The lowest BCUT2D eigenvalue weighted by molar-refractivity contribution is 0.510. The number of benzene rings is 1. The Balaban J connectivity index is 1.78. The molecule has 0 saturated carbocycles. The summed E-state index contributed by atoms with van der Waals surface area (Å²) in [5, 5.41) is 4.65. The highest BCUT2D eigenvalue weighted by Crippen LogP contribution is 2.20. The third-order valence-corrected chi connectivity index (χ3v) is 4.39. The van der Waals surface area contributed by atoms with Gasteiger partial charge in [-0.1, -0.05) is 13.8 Å². The molecule has 0 spiro atoms. The first-order chi connectivity index (χ1) is 11.5. The standard InChI is InChI=1S/C17H18FN5O/c1-11(2)16-19-9-14-17(24)22-8-7-21(10-15(22)20-23(14)16)13-5-3-12(18)4-6-13/h3-6,9,11H,7-8,10H2,1-2H3. The molecule has 4 rings (SSSR count). The average molecular weight is 327 g/mol. The quantitative estimate of drug-likeness (QED) is 0.724. The lowest BCUT2D eigenvalue weighted by Crippen LogP contribution is -2.41. The molecule has 0 aliphatic carbocycles. The Morgan fingerprint density at radius 3 is 2.62 bits per heavy atom. The van der Waals surface area contributed by atoms with E-state index in [1.54, 1.807) is 27.4 Å². The normalized spacial score (nSPS) is 14.4. The van der Waals surface area contributed by atoms with Gasteiger partial charge in [-0.25, -0.2) is 13.9 Å². The van der Waals surface area contributed by atoms with Crippen LogP contribution in [0.3, 0.4) is 0 Å². The van der Waals surface area contributed by atoms with Gasteiger partial charge in [-0.3, -0.25) is 9.36 Å². The Hall–Kier alpha value is -2.70. The first-order valence-corrected chi connectivity index (χ1v) is 8.02. The molecule has 0 atom stereocenters. The second-order valence-electron chi connectivity index (χ2n) is 6.34. The second-order valence-corrected chi connectivity index (χ2v) is 6.34. The van der Waals surface area contributed by atoms with Crippen molar-refractivity contribution in [3.05, 3.63) is 58.3 Å². The van der Waals surface area contributed by atoms with Crippen molar-refractivity contribution in [1.29, 1.82) is 0 Å². The van der Waals surface area contributed by atoms with Crippen LogP contribution in [0.5, 0.6) is 0 Å². The number of hydrogen-bond acceptors (Lipinski definition) is 4. The van der Waals surface area contributed by atoms with E-state index in [2.05, 4.69) is 15.0 Å². The fourth-order valence-corrected chi connectivity index (χ4v) is 3.12. The molecule has 3 heterocycles. The lowest BCUT2D eigenvalue weighted by atomic mass is 10.2. The van der Waals surface area contributed by atoms with Crippen molar-refractivity contribution in [2.45, 2.75) is 32.9 Å². The predicted molar refractivity (Wildman–Crippen MR) is 88.8 cm³/mol. The molecule has 0 N–H and O–H groups in total. The van der Waals surface area contributed by atoms with E-state index in [0.29, 0.717) is 31.0 Å². The zero-order valence-electron chi connectivity index (χ0n) is 13.6. The number of rotatable bonds is 2. The largest absolute Gasteiger partial charge is 0.362 e. The van der Waals surface area contributed by atoms with Crippen molar-refractivity contribution in [3.8, 4) is 0 Å². The van der Waals surface area contributed by atoms with Crippen LogP contribution in [-0.2, 0) is 13.1 Å². The Morgan fingerprint density at radius 2 is 1.92 bits per heavy atom. The fourth-order valence-electron chi connectivity index (χ4n) is 3.12. The van der Waals surface area contributed by atoms with Crippen LogP contribution in [-0.4, -0.2) is 25.7 Å². The van der Waals surface area contributed by atoms with Crippen molar-refractivity contribution >= 4 is 11.2 Å². The average Bonchev–Trinajstić information content (AvgIpc) is 2.99. The molecule has 0 amide bonds. The van der Waals surface area contributed by atoms with Crippen LogP contribution in [0, 0.1) is 5.82 Å². The van der Waals surface area contributed by atoms with Crippen molar-refractivity contribution in [3.63, 3.8) is 0 Å². The highest BCUT2D eigenvalue weighted by Gasteiger charge is 2.22. The van der Waals surface area contributed by atoms with Crippen LogP contribution in [0.2, 0.25) is 0 Å². The van der Waals surface area contributed by atoms with Gasteiger partial charge in [0.05, 0.1) is 12.7 Å². The molecule has 0 unspecified atom stereocenters. The van der Waals surface area contributed by atoms with Gasteiger partial charge in [0.15, 0.2) is 11.3 Å². The zero-order valence-corrected chi connectivity index (χ0v) is 13.6. The smallest absolute Gasteiger partial charge is 0.279 e. The molecule has 1 aliphatic rings. The second kappa shape index (κ2) is 5.43. The van der Waals surface area contributed by atoms with Gasteiger partial charge in [-0.15, -0.1) is 0 Å². The van der Waals surface area contributed by atoms with E-state index < -0.39 is 0 Å². The summed E-state index contributed by atoms with van der Waals surface area (Å²) in [6.07, 6.45) is 1.60. The molecule has 3 aromatic rings. The molecule has 0 bridgehead atoms. The van der Waals surface area contributed by atoms with E-state index in [0.717, 1.165) is 11.5 Å². The maximum Gasteiger partial charge on any atom is 0.279 e. The number of aromatic nitrogens is 4. The summed E-state index contributed by atoms with van der Waals surface area (Å²) in [6, 6.07) is 6.39. The van der Waals surface area contributed by atoms with E-state index in [1.807, 2.05) is 13.8 Å². The van der Waals surface area contributed by atoms with Crippen LogP contribution in [0.15, 0.2) is 35.3 Å². The van der Waals surface area contributed by atoms with Gasteiger partial charge < -0.3 is 4.90 Å². The highest BCUT2D eigenvalue weighted by atomic mass is 19.1. The number of hydrogen-bond donors (Lipinski definition) is 0. The van der Waals surface area contributed by atoms with Crippen molar-refractivity contribution in [1.82, 2.24) is 19.2 Å². The summed E-state index contributed by atoms with van der Waals surface area (Å²) in [5.41, 5.74) is 1.38. The van der Waals surface area contributed by atoms with Gasteiger partial charge in [-0.05, 0) is 24.3 Å². The van der Waals surface area contributed by atoms with Gasteiger partial charge in [0.2, 0.25) is 0 Å². The molecule has 124 valence electrons. The minimum Gasteiger partial charge on any atom is -0.362 e. The first-order valence-electron chi connectivity index (χ1n) is 8.02. The number of halogens is 1. The summed E-state index contributed by atoms with van der Waals surface area (Å²) >= 11 is 0. The van der Waals surface area contributed by atoms with Crippen LogP contribution in [0.25, 0.3) is 5.52 Å². The third-order valence-electron chi connectivity index (χ3n) is 4.39. The fraction of sp³-hybridized carbons (Fsp3) is 0.353. The molecule has 0 saturated heterocycles. The Morgan fingerprint density at radius 1 is 1.17 bits per heavy atom. The highest BCUT2D eigenvalue weighted by molar-refractivity contribution is 5.48. The van der Waals surface area contributed by atoms with Crippen LogP contribution in [0.4, 0.5) is 10.1 Å². The van der Waals surface area contributed by atoms with Gasteiger partial charge >= 0.3 is 0 Å². The molecule has 7 heteroatoms. The number of anilines is 1. The third kappa shape index (κ3) is 2.28. The van der Waals surface area contributed by atoms with Gasteiger partial charge in [0.25, 0.3) is 5.56 Å². The maximum atomic E-state index is 13.1. The molecule has 24 heavy (non-hydrogen) atoms. The molecule has 6 nitrogen and oxygen atoms in total. The number of imidazole rings is 1. The molecule has 0 fully saturated rings. The molecular formula is C17H18FN5O. The summed E-state index contributed by atoms with van der Waals surface area (Å²) in [4.78, 5) is 19.1. The minimum absolute atomic E-state index is 0.0573. The molecule has 2 aromatic heterocycles. The topological polar surface area (TPSA) is 55.4 Å². The maximum absolute atomic E-state index is 13.1. The Bertz CT molecular complexity index is 958. The van der Waals surface area contributed by atoms with E-state index in [4.69, 9.17) is 0 Å². The molecular weight excluding hydrogens is 309 g/mol. The number of fused-ring (bicyclic) bond motifs is 2. The van der Waals surface area contributed by atoms with E-state index in [1.165, 1.54) is 12.1 Å². The summed E-state index contributed by atoms with van der Waals surface area (Å²) < 4.78 is 16.5. The van der Waals surface area contributed by atoms with Gasteiger partial charge in [0.1, 0.15) is 11.6 Å². The zero-order chi connectivity index (χ0) is 16.8. The SMILES string of the molecule is CC(C)c1ncc2c(=O)n3c(nn12)CN(c1ccc(F)cc1)CC3. The Kier molecular flexibility index (Phi) is 3.37. The molecule has 0 radical (unpaired) electrons. The molecule has 1 aromatic carbocycles. The van der Waals surface area contributed by atoms with E-state index in [9.17, 15) is 9.18 Å². The predicted octanol–water partition coefficient (Wildman–Crippen LogP) is 2.17. The van der Waals surface area contributed by atoms with Crippen LogP contribution >= 0.6 is 0 Å². The number of nitrogens with zero attached hydrogens (tertiary/aromatic N) is 5. The summed E-state index contributed by atoms with van der Waals surface area (Å²) in [7, 11) is 0. The summed E-state index contributed by atoms with van der Waals surface area (Å²) in [6.45, 7) is 5.79. The lowest BCUT2D eigenvalue weighted by Gasteiger charge is -2.30. The monoisotopic (exact) mass is 327 g/mol. The van der Waals surface area contributed by atoms with Crippen molar-refractivity contribution in [2.75, 3.05) is 11.4 Å². The van der Waals surface area contributed by atoms with E-state index >= 15 is 0 Å². The van der Waals surface area contributed by atoms with Crippen LogP contribution in [0.1, 0.15) is 31.4 Å². The van der Waals surface area contributed by atoms with Crippen LogP contribution < -0.4 is 10.5 Å². The Labute approximate surface area is 138 Å². The van der Waals surface area contributed by atoms with E-state index in [-0.39, 0.29) is 17.3 Å². The van der Waals surface area contributed by atoms with Crippen molar-refractivity contribution < 1.29 is 4.39 Å².